The van der Waals surface area contributed by atoms with Crippen molar-refractivity contribution in [1.82, 2.24) is 10.6 Å². The Morgan fingerprint density at radius 3 is 2.46 bits per heavy atom. The van der Waals surface area contributed by atoms with Gasteiger partial charge >= 0.3 is 6.09 Å². The van der Waals surface area contributed by atoms with E-state index in [-0.39, 0.29) is 30.7 Å². The van der Waals surface area contributed by atoms with E-state index in [0.29, 0.717) is 6.54 Å². The Morgan fingerprint density at radius 2 is 1.81 bits per heavy atom. The Hall–Kier alpha value is -2.57. The van der Waals surface area contributed by atoms with E-state index in [2.05, 4.69) is 16.0 Å². The summed E-state index contributed by atoms with van der Waals surface area (Å²) in [6.07, 6.45) is 1.49. The summed E-state index contributed by atoms with van der Waals surface area (Å²) >= 11 is 0. The van der Waals surface area contributed by atoms with Crippen molar-refractivity contribution in [2.45, 2.75) is 52.2 Å². The topological polar surface area (TPSA) is 96.5 Å². The summed E-state index contributed by atoms with van der Waals surface area (Å²) in [5, 5.41) is 8.26. The molecule has 1 fully saturated rings. The Labute approximate surface area is 153 Å². The molecule has 0 aromatic heterocycles. The number of carbonyl (C=O) groups excluding carboxylic acids is 3. The predicted molar refractivity (Wildman–Crippen MR) is 98.5 cm³/mol. The van der Waals surface area contributed by atoms with E-state index in [1.54, 1.807) is 20.8 Å². The van der Waals surface area contributed by atoms with Crippen molar-refractivity contribution in [3.05, 3.63) is 29.8 Å². The van der Waals surface area contributed by atoms with E-state index in [4.69, 9.17) is 4.74 Å². The second kappa shape index (κ2) is 8.69. The average Bonchev–Trinajstić information content (AvgIpc) is 3.37. The second-order valence-corrected chi connectivity index (χ2v) is 7.38. The zero-order valence-corrected chi connectivity index (χ0v) is 15.6. The van der Waals surface area contributed by atoms with Gasteiger partial charge in [-0.15, -0.1) is 0 Å². The van der Waals surface area contributed by atoms with Gasteiger partial charge in [0.1, 0.15) is 5.60 Å². The molecule has 0 bridgehead atoms. The van der Waals surface area contributed by atoms with Gasteiger partial charge in [0.15, 0.2) is 0 Å². The van der Waals surface area contributed by atoms with Crippen molar-refractivity contribution < 1.29 is 19.1 Å². The van der Waals surface area contributed by atoms with Crippen molar-refractivity contribution in [3.63, 3.8) is 0 Å². The van der Waals surface area contributed by atoms with E-state index in [9.17, 15) is 14.4 Å². The summed E-state index contributed by atoms with van der Waals surface area (Å²) in [7, 11) is 0. The fourth-order valence-electron chi connectivity index (χ4n) is 2.25. The monoisotopic (exact) mass is 361 g/mol. The standard InChI is InChI=1S/C19H27N3O4/c1-19(2,3)26-18(25)20-11-10-16(23)21-12-14-6-4-5-7-15(14)22-17(24)13-8-9-13/h4-7,13H,8-12H2,1-3H3,(H,20,25)(H,21,23)(H,22,24). The Morgan fingerprint density at radius 1 is 1.12 bits per heavy atom. The summed E-state index contributed by atoms with van der Waals surface area (Å²) in [5.41, 5.74) is 0.993. The van der Waals surface area contributed by atoms with Gasteiger partial charge in [0, 0.05) is 31.1 Å². The van der Waals surface area contributed by atoms with E-state index >= 15 is 0 Å². The molecule has 0 unspecified atom stereocenters. The number of rotatable bonds is 7. The van der Waals surface area contributed by atoms with Crippen LogP contribution in [0.1, 0.15) is 45.6 Å². The van der Waals surface area contributed by atoms with Crippen molar-refractivity contribution in [1.29, 1.82) is 0 Å². The maximum Gasteiger partial charge on any atom is 0.407 e. The van der Waals surface area contributed by atoms with E-state index in [0.717, 1.165) is 24.1 Å². The second-order valence-electron chi connectivity index (χ2n) is 7.38. The molecule has 142 valence electrons. The first kappa shape index (κ1) is 19.8. The molecule has 0 aliphatic heterocycles. The summed E-state index contributed by atoms with van der Waals surface area (Å²) < 4.78 is 5.10. The molecule has 1 aromatic carbocycles. The maximum absolute atomic E-state index is 11.9. The predicted octanol–water partition coefficient (Wildman–Crippen LogP) is 2.57. The third-order valence-corrected chi connectivity index (χ3v) is 3.72. The molecule has 2 rings (SSSR count). The molecule has 0 atom stereocenters. The van der Waals surface area contributed by atoms with Gasteiger partial charge in [0.2, 0.25) is 11.8 Å². The first-order valence-corrected chi connectivity index (χ1v) is 8.87. The first-order chi connectivity index (χ1) is 12.2. The van der Waals surface area contributed by atoms with Gasteiger partial charge in [0.25, 0.3) is 0 Å². The zero-order chi connectivity index (χ0) is 19.2. The van der Waals surface area contributed by atoms with Crippen LogP contribution in [0, 0.1) is 5.92 Å². The van der Waals surface area contributed by atoms with E-state index in [1.807, 2.05) is 24.3 Å². The maximum atomic E-state index is 11.9. The lowest BCUT2D eigenvalue weighted by Crippen LogP contribution is -2.35. The molecule has 0 saturated heterocycles. The molecule has 0 radical (unpaired) electrons. The number of amides is 3. The molecule has 3 amide bonds. The fraction of sp³-hybridized carbons (Fsp3) is 0.526. The highest BCUT2D eigenvalue weighted by atomic mass is 16.6. The summed E-state index contributed by atoms with van der Waals surface area (Å²) in [5.74, 6) is -0.0358. The van der Waals surface area contributed by atoms with Gasteiger partial charge in [-0.1, -0.05) is 18.2 Å². The summed E-state index contributed by atoms with van der Waals surface area (Å²) in [6, 6.07) is 7.39. The van der Waals surface area contributed by atoms with Crippen LogP contribution in [0.4, 0.5) is 10.5 Å². The van der Waals surface area contributed by atoms with Crippen molar-refractivity contribution in [3.8, 4) is 0 Å². The molecule has 1 aromatic rings. The van der Waals surface area contributed by atoms with Crippen LogP contribution >= 0.6 is 0 Å². The molecule has 3 N–H and O–H groups in total. The van der Waals surface area contributed by atoms with Crippen LogP contribution in [0.15, 0.2) is 24.3 Å². The molecule has 26 heavy (non-hydrogen) atoms. The number of anilines is 1. The lowest BCUT2D eigenvalue weighted by Gasteiger charge is -2.19. The smallest absolute Gasteiger partial charge is 0.407 e. The van der Waals surface area contributed by atoms with E-state index in [1.165, 1.54) is 0 Å². The van der Waals surface area contributed by atoms with Gasteiger partial charge < -0.3 is 20.7 Å². The highest BCUT2D eigenvalue weighted by Crippen LogP contribution is 2.30. The number of hydrogen-bond donors (Lipinski definition) is 3. The van der Waals surface area contributed by atoms with Crippen LogP contribution in [-0.2, 0) is 20.9 Å². The minimum absolute atomic E-state index is 0.0327. The molecule has 0 spiro atoms. The van der Waals surface area contributed by atoms with Crippen LogP contribution in [-0.4, -0.2) is 30.1 Å². The van der Waals surface area contributed by atoms with Crippen LogP contribution in [0.2, 0.25) is 0 Å². The number of benzene rings is 1. The van der Waals surface area contributed by atoms with Crippen molar-refractivity contribution in [2.75, 3.05) is 11.9 Å². The average molecular weight is 361 g/mol. The van der Waals surface area contributed by atoms with Crippen molar-refractivity contribution in [2.24, 2.45) is 5.92 Å². The molecule has 1 saturated carbocycles. The van der Waals surface area contributed by atoms with Gasteiger partial charge in [-0.3, -0.25) is 9.59 Å². The Kier molecular flexibility index (Phi) is 6.60. The lowest BCUT2D eigenvalue weighted by atomic mass is 10.1. The molecular weight excluding hydrogens is 334 g/mol. The highest BCUT2D eigenvalue weighted by Gasteiger charge is 2.29. The van der Waals surface area contributed by atoms with E-state index < -0.39 is 11.7 Å². The molecule has 0 heterocycles. The third-order valence-electron chi connectivity index (χ3n) is 3.72. The molecule has 1 aliphatic rings. The fourth-order valence-corrected chi connectivity index (χ4v) is 2.25. The Bertz CT molecular complexity index is 663. The zero-order valence-electron chi connectivity index (χ0n) is 15.6. The highest BCUT2D eigenvalue weighted by molar-refractivity contribution is 5.94. The van der Waals surface area contributed by atoms with Crippen molar-refractivity contribution >= 4 is 23.6 Å². The van der Waals surface area contributed by atoms with Gasteiger partial charge in [-0.05, 0) is 45.2 Å². The first-order valence-electron chi connectivity index (χ1n) is 8.87. The summed E-state index contributed by atoms with van der Waals surface area (Å²) in [6.45, 7) is 5.84. The van der Waals surface area contributed by atoms with Gasteiger partial charge in [-0.2, -0.15) is 0 Å². The number of nitrogens with one attached hydrogen (secondary N) is 3. The quantitative estimate of drug-likeness (QED) is 0.695. The molecule has 1 aliphatic carbocycles. The SMILES string of the molecule is CC(C)(C)OC(=O)NCCC(=O)NCc1ccccc1NC(=O)C1CC1. The molecule has 7 nitrogen and oxygen atoms in total. The lowest BCUT2D eigenvalue weighted by molar-refractivity contribution is -0.121. The van der Waals surface area contributed by atoms with Crippen LogP contribution in [0.3, 0.4) is 0 Å². The molecule has 7 heteroatoms. The normalized spacial score (nSPS) is 13.7. The van der Waals surface area contributed by atoms with Crippen LogP contribution in [0.5, 0.6) is 0 Å². The summed E-state index contributed by atoms with van der Waals surface area (Å²) in [4.78, 5) is 35.4. The van der Waals surface area contributed by atoms with Crippen LogP contribution < -0.4 is 16.0 Å². The largest absolute Gasteiger partial charge is 0.444 e. The minimum atomic E-state index is -0.568. The number of ether oxygens (including phenoxy) is 1. The van der Waals surface area contributed by atoms with Crippen LogP contribution in [0.25, 0.3) is 0 Å². The van der Waals surface area contributed by atoms with Gasteiger partial charge in [-0.25, -0.2) is 4.79 Å². The number of hydrogen-bond acceptors (Lipinski definition) is 4. The Balaban J connectivity index is 1.73. The van der Waals surface area contributed by atoms with Gasteiger partial charge in [0.05, 0.1) is 0 Å². The molecular formula is C19H27N3O4. The minimum Gasteiger partial charge on any atom is -0.444 e. The number of carbonyl (C=O) groups is 3. The third kappa shape index (κ3) is 7.13. The number of para-hydroxylation sites is 1. The number of alkyl carbamates (subject to hydrolysis) is 1.